The minimum absolute atomic E-state index is 0.322. The van der Waals surface area contributed by atoms with Crippen LogP contribution in [0, 0.1) is 5.92 Å². The zero-order chi connectivity index (χ0) is 10.4. The Hall–Kier alpha value is -0.120. The number of hydrogen-bond donors (Lipinski definition) is 2. The number of rotatable bonds is 5. The van der Waals surface area contributed by atoms with E-state index in [-0.39, 0.29) is 0 Å². The summed E-state index contributed by atoms with van der Waals surface area (Å²) in [5.41, 5.74) is 0. The summed E-state index contributed by atoms with van der Waals surface area (Å²) in [7, 11) is 2.07. The Bertz CT molecular complexity index is 152. The fraction of sp³-hybridized carbons (Fsp3) is 1.00. The summed E-state index contributed by atoms with van der Waals surface area (Å²) < 4.78 is 0. The van der Waals surface area contributed by atoms with Gasteiger partial charge in [0.25, 0.3) is 0 Å². The predicted octanol–water partition coefficient (Wildman–Crippen LogP) is 0.689. The molecule has 3 heteroatoms. The molecule has 0 aromatic rings. The van der Waals surface area contributed by atoms with Crippen LogP contribution in [0.4, 0.5) is 0 Å². The number of aliphatic hydroxyl groups is 1. The Balaban J connectivity index is 2.32. The number of aliphatic hydroxyl groups excluding tert-OH is 1. The summed E-state index contributed by atoms with van der Waals surface area (Å²) in [4.78, 5) is 2.48. The highest BCUT2D eigenvalue weighted by molar-refractivity contribution is 4.83. The van der Waals surface area contributed by atoms with Crippen LogP contribution >= 0.6 is 0 Å². The standard InChI is InChI=1S/C11H24N2O/c1-3-10-9-13(6-4-8-14)7-5-11(10)12-2/h10-12,14H,3-9H2,1-2H3. The molecule has 0 bridgehead atoms. The Morgan fingerprint density at radius 1 is 1.50 bits per heavy atom. The van der Waals surface area contributed by atoms with Crippen molar-refractivity contribution < 1.29 is 5.11 Å². The van der Waals surface area contributed by atoms with Gasteiger partial charge >= 0.3 is 0 Å². The molecule has 1 rings (SSSR count). The molecule has 0 spiro atoms. The topological polar surface area (TPSA) is 35.5 Å². The third kappa shape index (κ3) is 3.23. The van der Waals surface area contributed by atoms with Gasteiger partial charge in [0.1, 0.15) is 0 Å². The zero-order valence-corrected chi connectivity index (χ0v) is 9.50. The third-order valence-corrected chi connectivity index (χ3v) is 3.35. The van der Waals surface area contributed by atoms with Crippen molar-refractivity contribution >= 4 is 0 Å². The van der Waals surface area contributed by atoms with Crippen LogP contribution in [-0.4, -0.2) is 49.3 Å². The number of piperidine rings is 1. The lowest BCUT2D eigenvalue weighted by Gasteiger charge is -2.38. The van der Waals surface area contributed by atoms with E-state index in [2.05, 4.69) is 24.2 Å². The van der Waals surface area contributed by atoms with E-state index in [9.17, 15) is 0 Å². The molecule has 0 aromatic carbocycles. The quantitative estimate of drug-likeness (QED) is 0.685. The second-order valence-electron chi connectivity index (χ2n) is 4.23. The van der Waals surface area contributed by atoms with E-state index in [1.54, 1.807) is 0 Å². The summed E-state index contributed by atoms with van der Waals surface area (Å²) >= 11 is 0. The van der Waals surface area contributed by atoms with Gasteiger partial charge in [-0.3, -0.25) is 0 Å². The van der Waals surface area contributed by atoms with Crippen molar-refractivity contribution in [1.82, 2.24) is 10.2 Å². The lowest BCUT2D eigenvalue weighted by atomic mass is 9.90. The molecule has 1 heterocycles. The second kappa shape index (κ2) is 6.38. The summed E-state index contributed by atoms with van der Waals surface area (Å²) in [6.45, 7) is 6.03. The number of nitrogens with one attached hydrogen (secondary N) is 1. The molecule has 1 fully saturated rings. The molecule has 0 saturated carbocycles. The maximum absolute atomic E-state index is 8.78. The van der Waals surface area contributed by atoms with E-state index in [4.69, 9.17) is 5.11 Å². The molecule has 1 aliphatic heterocycles. The number of likely N-dealkylation sites (tertiary alicyclic amines) is 1. The summed E-state index contributed by atoms with van der Waals surface area (Å²) in [6, 6.07) is 0.699. The van der Waals surface area contributed by atoms with Gasteiger partial charge in [0.15, 0.2) is 0 Å². The van der Waals surface area contributed by atoms with Crippen LogP contribution in [0.1, 0.15) is 26.2 Å². The Kier molecular flexibility index (Phi) is 5.45. The second-order valence-corrected chi connectivity index (χ2v) is 4.23. The van der Waals surface area contributed by atoms with Crippen molar-refractivity contribution in [1.29, 1.82) is 0 Å². The molecule has 84 valence electrons. The first-order valence-corrected chi connectivity index (χ1v) is 5.82. The van der Waals surface area contributed by atoms with Crippen LogP contribution in [0.5, 0.6) is 0 Å². The molecular formula is C11H24N2O. The molecule has 0 amide bonds. The lowest BCUT2D eigenvalue weighted by Crippen LogP contribution is -2.48. The van der Waals surface area contributed by atoms with Gasteiger partial charge in [-0.05, 0) is 32.4 Å². The normalized spacial score (nSPS) is 29.4. The minimum Gasteiger partial charge on any atom is -0.396 e. The van der Waals surface area contributed by atoms with Crippen LogP contribution < -0.4 is 5.32 Å². The summed E-state index contributed by atoms with van der Waals surface area (Å²) in [6.07, 6.45) is 3.42. The molecule has 3 nitrogen and oxygen atoms in total. The maximum atomic E-state index is 8.78. The van der Waals surface area contributed by atoms with Gasteiger partial charge in [-0.1, -0.05) is 13.3 Å². The van der Waals surface area contributed by atoms with Crippen molar-refractivity contribution in [2.24, 2.45) is 5.92 Å². The average molecular weight is 200 g/mol. The van der Waals surface area contributed by atoms with Gasteiger partial charge in [0, 0.05) is 25.7 Å². The fourth-order valence-electron chi connectivity index (χ4n) is 2.40. The van der Waals surface area contributed by atoms with Crippen LogP contribution in [0.25, 0.3) is 0 Å². The minimum atomic E-state index is 0.322. The lowest BCUT2D eigenvalue weighted by molar-refractivity contribution is 0.129. The average Bonchev–Trinajstić information content (AvgIpc) is 2.25. The monoisotopic (exact) mass is 200 g/mol. The van der Waals surface area contributed by atoms with Crippen LogP contribution in [0.15, 0.2) is 0 Å². The third-order valence-electron chi connectivity index (χ3n) is 3.35. The molecular weight excluding hydrogens is 176 g/mol. The first-order chi connectivity index (χ1) is 6.81. The summed E-state index contributed by atoms with van der Waals surface area (Å²) in [5, 5.41) is 12.2. The molecule has 0 aliphatic carbocycles. The predicted molar refractivity (Wildman–Crippen MR) is 59.4 cm³/mol. The highest BCUT2D eigenvalue weighted by atomic mass is 16.3. The van der Waals surface area contributed by atoms with Crippen LogP contribution in [0.3, 0.4) is 0 Å². The first kappa shape index (κ1) is 12.0. The van der Waals surface area contributed by atoms with Crippen molar-refractivity contribution in [3.8, 4) is 0 Å². The van der Waals surface area contributed by atoms with Crippen molar-refractivity contribution in [2.75, 3.05) is 33.3 Å². The summed E-state index contributed by atoms with van der Waals surface area (Å²) in [5.74, 6) is 0.785. The van der Waals surface area contributed by atoms with Crippen molar-refractivity contribution in [3.05, 3.63) is 0 Å². The van der Waals surface area contributed by atoms with Crippen molar-refractivity contribution in [2.45, 2.75) is 32.2 Å². The molecule has 2 N–H and O–H groups in total. The van der Waals surface area contributed by atoms with E-state index in [0.717, 1.165) is 18.9 Å². The molecule has 1 saturated heterocycles. The molecule has 2 unspecified atom stereocenters. The first-order valence-electron chi connectivity index (χ1n) is 5.82. The van der Waals surface area contributed by atoms with Crippen LogP contribution in [-0.2, 0) is 0 Å². The van der Waals surface area contributed by atoms with E-state index < -0.39 is 0 Å². The molecule has 1 aliphatic rings. The van der Waals surface area contributed by atoms with Gasteiger partial charge in [0.05, 0.1) is 0 Å². The SMILES string of the molecule is CCC1CN(CCCO)CCC1NC. The van der Waals surface area contributed by atoms with E-state index >= 15 is 0 Å². The van der Waals surface area contributed by atoms with Gasteiger partial charge in [-0.25, -0.2) is 0 Å². The fourth-order valence-corrected chi connectivity index (χ4v) is 2.40. The molecule has 0 aromatic heterocycles. The largest absolute Gasteiger partial charge is 0.396 e. The molecule has 0 radical (unpaired) electrons. The van der Waals surface area contributed by atoms with Gasteiger partial charge in [-0.15, -0.1) is 0 Å². The van der Waals surface area contributed by atoms with Gasteiger partial charge in [0.2, 0.25) is 0 Å². The highest BCUT2D eigenvalue weighted by Gasteiger charge is 2.26. The smallest absolute Gasteiger partial charge is 0.0443 e. The van der Waals surface area contributed by atoms with Crippen molar-refractivity contribution in [3.63, 3.8) is 0 Å². The molecule has 2 atom stereocenters. The van der Waals surface area contributed by atoms with Crippen LogP contribution in [0.2, 0.25) is 0 Å². The van der Waals surface area contributed by atoms with Gasteiger partial charge < -0.3 is 15.3 Å². The number of hydrogen-bond acceptors (Lipinski definition) is 3. The zero-order valence-electron chi connectivity index (χ0n) is 9.50. The molecule has 14 heavy (non-hydrogen) atoms. The van der Waals surface area contributed by atoms with Gasteiger partial charge in [-0.2, -0.15) is 0 Å². The maximum Gasteiger partial charge on any atom is 0.0443 e. The van der Waals surface area contributed by atoms with E-state index in [0.29, 0.717) is 12.6 Å². The number of nitrogens with zero attached hydrogens (tertiary/aromatic N) is 1. The Morgan fingerprint density at radius 2 is 2.29 bits per heavy atom. The Labute approximate surface area is 87.5 Å². The van der Waals surface area contributed by atoms with E-state index in [1.165, 1.54) is 25.9 Å². The Morgan fingerprint density at radius 3 is 2.86 bits per heavy atom. The van der Waals surface area contributed by atoms with E-state index in [1.807, 2.05) is 0 Å². The highest BCUT2D eigenvalue weighted by Crippen LogP contribution is 2.19.